The number of unbranched alkanes of at least 4 members (excludes halogenated alkanes) is 5. The minimum absolute atomic E-state index is 0. The van der Waals surface area contributed by atoms with Crippen molar-refractivity contribution < 1.29 is 57.8 Å². The molecular weight excluding hydrogens is 271 g/mol. The Bertz CT molecular complexity index is 150. The molecule has 0 aliphatic rings. The zero-order chi connectivity index (χ0) is 9.45. The first kappa shape index (κ1) is 20.9. The molecule has 0 aliphatic heterocycles. The van der Waals surface area contributed by atoms with Crippen LogP contribution < -0.4 is 0 Å². The summed E-state index contributed by atoms with van der Waals surface area (Å²) in [6, 6.07) is 0. The van der Waals surface area contributed by atoms with Crippen molar-refractivity contribution in [1.82, 2.24) is 0 Å². The van der Waals surface area contributed by atoms with Gasteiger partial charge < -0.3 is 9.79 Å². The van der Waals surface area contributed by atoms with Crippen LogP contribution in [0.3, 0.4) is 0 Å². The maximum Gasteiger partial charge on any atom is 0.325 e. The Hall–Kier alpha value is 1.58. The van der Waals surface area contributed by atoms with E-state index in [1.807, 2.05) is 0 Å². The molecule has 0 saturated carbocycles. The largest absolute Gasteiger partial charge is 0.325 e. The maximum atomic E-state index is 10.4. The summed E-state index contributed by atoms with van der Waals surface area (Å²) in [6.45, 7) is 2.15. The number of hydrogen-bond acceptors (Lipinski definition) is 1. The van der Waals surface area contributed by atoms with Gasteiger partial charge in [-0.15, -0.1) is 0 Å². The molecule has 0 aliphatic carbocycles. The van der Waals surface area contributed by atoms with Crippen LogP contribution in [-0.4, -0.2) is 15.9 Å². The summed E-state index contributed by atoms with van der Waals surface area (Å²) in [5.74, 6) is 0. The second-order valence-corrected chi connectivity index (χ2v) is 4.93. The fourth-order valence-electron chi connectivity index (χ4n) is 1.10. The fraction of sp³-hybridized carbons (Fsp3) is 1.00. The smallest absolute Gasteiger partial charge is 0.324 e. The average molecular weight is 290 g/mol. The summed E-state index contributed by atoms with van der Waals surface area (Å²) in [6.07, 6.45) is 6.40. The van der Waals surface area contributed by atoms with Gasteiger partial charge in [0.2, 0.25) is 0 Å². The predicted molar refractivity (Wildman–Crippen MR) is 50.3 cm³/mol. The van der Waals surface area contributed by atoms with E-state index in [1.165, 1.54) is 19.3 Å². The molecule has 0 aromatic carbocycles. The van der Waals surface area contributed by atoms with E-state index in [2.05, 4.69) is 6.92 Å². The molecule has 3 nitrogen and oxygen atoms in total. The van der Waals surface area contributed by atoms with E-state index in [0.717, 1.165) is 12.8 Å². The molecule has 0 amide bonds. The van der Waals surface area contributed by atoms with Crippen LogP contribution >= 0.6 is 7.60 Å². The Kier molecular flexibility index (Phi) is 18.9. The normalized spacial score (nSPS) is 10.2. The van der Waals surface area contributed by atoms with E-state index in [0.29, 0.717) is 6.42 Å². The van der Waals surface area contributed by atoms with Crippen molar-refractivity contribution in [3.05, 3.63) is 0 Å². The molecule has 0 spiro atoms. The minimum Gasteiger partial charge on any atom is -0.324 e. The van der Waals surface area contributed by atoms with Gasteiger partial charge in [-0.3, -0.25) is 4.57 Å². The first-order valence-electron chi connectivity index (χ1n) is 4.61. The zero-order valence-electron chi connectivity index (χ0n) is 8.70. The Labute approximate surface area is 116 Å². The van der Waals surface area contributed by atoms with Crippen molar-refractivity contribution >= 4 is 7.60 Å². The van der Waals surface area contributed by atoms with Crippen LogP contribution in [0.1, 0.15) is 45.4 Å². The molecule has 0 atom stereocenters. The fourth-order valence-corrected chi connectivity index (χ4v) is 1.73. The quantitative estimate of drug-likeness (QED) is 0.430. The van der Waals surface area contributed by atoms with E-state index in [4.69, 9.17) is 9.79 Å². The zero-order valence-corrected chi connectivity index (χ0v) is 12.7. The minimum atomic E-state index is -3.72. The second kappa shape index (κ2) is 12.6. The Morgan fingerprint density at radius 2 is 1.36 bits per heavy atom. The van der Waals surface area contributed by atoms with Gasteiger partial charge in [-0.25, -0.2) is 0 Å². The van der Waals surface area contributed by atoms with Gasteiger partial charge in [0.25, 0.3) is 0 Å². The molecule has 6 heteroatoms. The molecule has 2 N–H and O–H groups in total. The molecule has 0 heterocycles. The van der Waals surface area contributed by atoms with Crippen LogP contribution in [-0.2, 0) is 48.0 Å². The van der Waals surface area contributed by atoms with Gasteiger partial charge in [-0.2, -0.15) is 0 Å². The summed E-state index contributed by atoms with van der Waals surface area (Å²) < 4.78 is 10.4. The van der Waals surface area contributed by atoms with Crippen LogP contribution in [0.4, 0.5) is 0 Å². The Morgan fingerprint density at radius 1 is 0.929 bits per heavy atom. The Morgan fingerprint density at radius 3 is 1.79 bits per heavy atom. The molecule has 0 aromatic rings. The average Bonchev–Trinajstić information content (AvgIpc) is 1.94. The molecule has 14 heavy (non-hydrogen) atoms. The molecule has 0 fully saturated rings. The number of rotatable bonds is 7. The molecule has 0 saturated heterocycles. The molecule has 0 unspecified atom stereocenters. The van der Waals surface area contributed by atoms with Crippen LogP contribution in [0.2, 0.25) is 0 Å². The second-order valence-electron chi connectivity index (χ2n) is 3.16. The van der Waals surface area contributed by atoms with E-state index in [1.54, 1.807) is 0 Å². The van der Waals surface area contributed by atoms with Crippen LogP contribution in [0.15, 0.2) is 0 Å². The van der Waals surface area contributed by atoms with Gasteiger partial charge in [-0.1, -0.05) is 39.0 Å². The summed E-state index contributed by atoms with van der Waals surface area (Å²) >= 11 is 0. The van der Waals surface area contributed by atoms with E-state index in [-0.39, 0.29) is 49.6 Å². The first-order chi connectivity index (χ1) is 5.56. The maximum absolute atomic E-state index is 10.4. The summed E-state index contributed by atoms with van der Waals surface area (Å²) in [7, 11) is -3.72. The van der Waals surface area contributed by atoms with Crippen molar-refractivity contribution in [2.45, 2.75) is 45.4 Å². The third-order valence-electron chi connectivity index (χ3n) is 1.80. The molecule has 0 aromatic heterocycles. The summed E-state index contributed by atoms with van der Waals surface area (Å²) in [5, 5.41) is 0. The molecule has 82 valence electrons. The Balaban J connectivity index is -0.000000605. The third kappa shape index (κ3) is 19.2. The monoisotopic (exact) mass is 290 g/mol. The van der Waals surface area contributed by atoms with Crippen molar-refractivity contribution in [3.63, 3.8) is 0 Å². The molecular formula is C8H19O3PTi2. The van der Waals surface area contributed by atoms with Crippen LogP contribution in [0.25, 0.3) is 0 Å². The summed E-state index contributed by atoms with van der Waals surface area (Å²) in [4.78, 5) is 17.1. The van der Waals surface area contributed by atoms with Gasteiger partial charge in [0.15, 0.2) is 0 Å². The van der Waals surface area contributed by atoms with Crippen LogP contribution in [0, 0.1) is 0 Å². The van der Waals surface area contributed by atoms with Gasteiger partial charge in [-0.05, 0) is 6.42 Å². The van der Waals surface area contributed by atoms with E-state index < -0.39 is 7.60 Å². The third-order valence-corrected chi connectivity index (χ3v) is 2.70. The predicted octanol–water partition coefficient (Wildman–Crippen LogP) is 2.52. The molecule has 0 radical (unpaired) electrons. The van der Waals surface area contributed by atoms with Gasteiger partial charge >= 0.3 is 7.60 Å². The van der Waals surface area contributed by atoms with Gasteiger partial charge in [0.05, 0.1) is 0 Å². The summed E-state index contributed by atoms with van der Waals surface area (Å²) in [5.41, 5.74) is 0. The standard InChI is InChI=1S/C8H19O3P.2Ti/c1-2-3-4-5-6-7-8-12(9,10)11;;/h2-8H2,1H3,(H2,9,10,11);;. The molecule has 0 bridgehead atoms. The first-order valence-corrected chi connectivity index (χ1v) is 6.40. The van der Waals surface area contributed by atoms with Gasteiger partial charge in [0, 0.05) is 49.6 Å². The SMILES string of the molecule is CCCCCCCCP(=O)(O)O.[Ti].[Ti]. The van der Waals surface area contributed by atoms with E-state index in [9.17, 15) is 4.57 Å². The van der Waals surface area contributed by atoms with Crippen LogP contribution in [0.5, 0.6) is 0 Å². The molecule has 0 rings (SSSR count). The van der Waals surface area contributed by atoms with Crippen molar-refractivity contribution in [3.8, 4) is 0 Å². The van der Waals surface area contributed by atoms with E-state index >= 15 is 0 Å². The topological polar surface area (TPSA) is 57.5 Å². The van der Waals surface area contributed by atoms with Crippen molar-refractivity contribution in [2.75, 3.05) is 6.16 Å². The van der Waals surface area contributed by atoms with Crippen molar-refractivity contribution in [1.29, 1.82) is 0 Å². The number of hydrogen-bond donors (Lipinski definition) is 2. The van der Waals surface area contributed by atoms with Gasteiger partial charge in [0.1, 0.15) is 0 Å². The van der Waals surface area contributed by atoms with Crippen molar-refractivity contribution in [2.24, 2.45) is 0 Å².